The van der Waals surface area contributed by atoms with Crippen LogP contribution < -0.4 is 9.47 Å². The Kier molecular flexibility index (Phi) is 5.95. The molecule has 1 aromatic carbocycles. The zero-order valence-electron chi connectivity index (χ0n) is 10.9. The first-order valence-corrected chi connectivity index (χ1v) is 5.73. The molecular weight excluding hydrogens is 250 g/mol. The Morgan fingerprint density at radius 3 is 2.53 bits per heavy atom. The molecule has 0 aliphatic carbocycles. The lowest BCUT2D eigenvalue weighted by Crippen LogP contribution is -2.19. The topological polar surface area (TPSA) is 108 Å². The Morgan fingerprint density at radius 2 is 1.95 bits per heavy atom. The summed E-state index contributed by atoms with van der Waals surface area (Å²) in [7, 11) is 3.01. The minimum atomic E-state index is -1.08. The fraction of sp³-hybridized carbons (Fsp3) is 0.500. The fourth-order valence-corrected chi connectivity index (χ4v) is 1.65. The van der Waals surface area contributed by atoms with Crippen molar-refractivity contribution in [2.75, 3.05) is 20.8 Å². The number of rotatable bonds is 7. The summed E-state index contributed by atoms with van der Waals surface area (Å²) in [4.78, 5) is 2.59. The first-order chi connectivity index (χ1) is 9.13. The van der Waals surface area contributed by atoms with Gasteiger partial charge >= 0.3 is 0 Å². The number of methoxy groups -OCH3 is 2. The second-order valence-corrected chi connectivity index (χ2v) is 3.87. The van der Waals surface area contributed by atoms with Crippen LogP contribution in [0.25, 0.3) is 10.4 Å². The quantitative estimate of drug-likeness (QED) is 0.446. The predicted molar refractivity (Wildman–Crippen MR) is 69.1 cm³/mol. The van der Waals surface area contributed by atoms with E-state index in [4.69, 9.17) is 15.0 Å². The summed E-state index contributed by atoms with van der Waals surface area (Å²) in [5.74, 6) is 1.02. The number of hydrogen-bond donors (Lipinski definition) is 2. The van der Waals surface area contributed by atoms with Gasteiger partial charge in [-0.2, -0.15) is 0 Å². The molecule has 0 saturated heterocycles. The van der Waals surface area contributed by atoms with E-state index in [0.29, 0.717) is 17.1 Å². The van der Waals surface area contributed by atoms with Crippen LogP contribution in [-0.4, -0.2) is 37.1 Å². The molecular formula is C12H17N3O4. The highest BCUT2D eigenvalue weighted by atomic mass is 16.5. The van der Waals surface area contributed by atoms with Gasteiger partial charge in [0.2, 0.25) is 0 Å². The highest BCUT2D eigenvalue weighted by Gasteiger charge is 2.19. The lowest BCUT2D eigenvalue weighted by Gasteiger charge is -2.18. The highest BCUT2D eigenvalue weighted by Crippen LogP contribution is 2.31. The third-order valence-corrected chi connectivity index (χ3v) is 2.70. The van der Waals surface area contributed by atoms with Crippen molar-refractivity contribution in [3.63, 3.8) is 0 Å². The van der Waals surface area contributed by atoms with Crippen LogP contribution >= 0.6 is 0 Å². The van der Waals surface area contributed by atoms with Gasteiger partial charge in [-0.15, -0.1) is 0 Å². The van der Waals surface area contributed by atoms with E-state index in [-0.39, 0.29) is 13.0 Å². The molecule has 0 aromatic heterocycles. The maximum Gasteiger partial charge on any atom is 0.161 e. The van der Waals surface area contributed by atoms with Crippen LogP contribution in [-0.2, 0) is 0 Å². The predicted octanol–water partition coefficient (Wildman–Crippen LogP) is 1.80. The third-order valence-electron chi connectivity index (χ3n) is 2.70. The first kappa shape index (κ1) is 15.1. The van der Waals surface area contributed by atoms with E-state index in [2.05, 4.69) is 10.0 Å². The molecule has 0 radical (unpaired) electrons. The molecule has 0 saturated carbocycles. The van der Waals surface area contributed by atoms with Gasteiger partial charge < -0.3 is 19.7 Å². The summed E-state index contributed by atoms with van der Waals surface area (Å²) >= 11 is 0. The maximum absolute atomic E-state index is 9.99. The van der Waals surface area contributed by atoms with E-state index in [9.17, 15) is 10.2 Å². The van der Waals surface area contributed by atoms with Crippen molar-refractivity contribution in [3.05, 3.63) is 34.2 Å². The second kappa shape index (κ2) is 7.48. The van der Waals surface area contributed by atoms with Crippen molar-refractivity contribution in [2.24, 2.45) is 5.11 Å². The number of nitrogens with zero attached hydrogens (tertiary/aromatic N) is 3. The molecule has 0 aliphatic rings. The van der Waals surface area contributed by atoms with Gasteiger partial charge in [0.1, 0.15) is 6.10 Å². The lowest BCUT2D eigenvalue weighted by atomic mass is 10.0. The Hall–Kier alpha value is -1.95. The first-order valence-electron chi connectivity index (χ1n) is 5.73. The van der Waals surface area contributed by atoms with Crippen LogP contribution in [0.4, 0.5) is 0 Å². The molecule has 0 heterocycles. The monoisotopic (exact) mass is 267 g/mol. The van der Waals surface area contributed by atoms with Gasteiger partial charge in [0.15, 0.2) is 11.5 Å². The van der Waals surface area contributed by atoms with Crippen LogP contribution in [0.15, 0.2) is 23.3 Å². The number of aliphatic hydroxyl groups is 2. The molecule has 7 nitrogen and oxygen atoms in total. The van der Waals surface area contributed by atoms with E-state index in [1.54, 1.807) is 18.2 Å². The Bertz CT molecular complexity index is 460. The summed E-state index contributed by atoms with van der Waals surface area (Å²) < 4.78 is 10.2. The Labute approximate surface area is 111 Å². The van der Waals surface area contributed by atoms with Crippen LogP contribution in [0.1, 0.15) is 18.1 Å². The number of hydrogen-bond acceptors (Lipinski definition) is 5. The minimum absolute atomic E-state index is 0.127. The molecule has 19 heavy (non-hydrogen) atoms. The summed E-state index contributed by atoms with van der Waals surface area (Å²) in [6.07, 6.45) is -1.91. The molecule has 2 unspecified atom stereocenters. The molecule has 1 rings (SSSR count). The summed E-state index contributed by atoms with van der Waals surface area (Å²) in [6.45, 7) is 0.127. The van der Waals surface area contributed by atoms with Crippen molar-refractivity contribution in [3.8, 4) is 11.5 Å². The van der Waals surface area contributed by atoms with Gasteiger partial charge in [0.25, 0.3) is 0 Å². The van der Waals surface area contributed by atoms with Gasteiger partial charge in [-0.1, -0.05) is 11.2 Å². The van der Waals surface area contributed by atoms with Gasteiger partial charge in [0.05, 0.1) is 20.3 Å². The number of aliphatic hydroxyl groups excluding tert-OH is 2. The Morgan fingerprint density at radius 1 is 1.26 bits per heavy atom. The van der Waals surface area contributed by atoms with Gasteiger partial charge in [0, 0.05) is 11.5 Å². The van der Waals surface area contributed by atoms with Crippen molar-refractivity contribution in [2.45, 2.75) is 18.6 Å². The molecule has 2 atom stereocenters. The minimum Gasteiger partial charge on any atom is -0.493 e. The van der Waals surface area contributed by atoms with Crippen molar-refractivity contribution < 1.29 is 19.7 Å². The smallest absolute Gasteiger partial charge is 0.161 e. The zero-order valence-corrected chi connectivity index (χ0v) is 10.9. The third kappa shape index (κ3) is 4.03. The van der Waals surface area contributed by atoms with Crippen LogP contribution in [0, 0.1) is 0 Å². The SMILES string of the molecule is COc1ccc(C(O)C(O)CCN=[N+]=[N-])cc1OC. The lowest BCUT2D eigenvalue weighted by molar-refractivity contribution is 0.0149. The van der Waals surface area contributed by atoms with Crippen molar-refractivity contribution >= 4 is 0 Å². The molecule has 0 spiro atoms. The van der Waals surface area contributed by atoms with E-state index in [1.165, 1.54) is 14.2 Å². The number of ether oxygens (including phenoxy) is 2. The molecule has 0 aliphatic heterocycles. The average molecular weight is 267 g/mol. The summed E-state index contributed by atoms with van der Waals surface area (Å²) in [5, 5.41) is 23.1. The van der Waals surface area contributed by atoms with Gasteiger partial charge in [-0.3, -0.25) is 0 Å². The van der Waals surface area contributed by atoms with E-state index < -0.39 is 12.2 Å². The largest absolute Gasteiger partial charge is 0.493 e. The van der Waals surface area contributed by atoms with E-state index in [0.717, 1.165) is 0 Å². The average Bonchev–Trinajstić information content (AvgIpc) is 2.45. The van der Waals surface area contributed by atoms with Crippen molar-refractivity contribution in [1.29, 1.82) is 0 Å². The molecule has 0 amide bonds. The normalized spacial score (nSPS) is 13.3. The van der Waals surface area contributed by atoms with Crippen LogP contribution in [0.3, 0.4) is 0 Å². The fourth-order valence-electron chi connectivity index (χ4n) is 1.65. The number of benzene rings is 1. The molecule has 1 aromatic rings. The molecule has 0 fully saturated rings. The van der Waals surface area contributed by atoms with Crippen LogP contribution in [0.2, 0.25) is 0 Å². The maximum atomic E-state index is 9.99. The molecule has 0 bridgehead atoms. The zero-order chi connectivity index (χ0) is 14.3. The van der Waals surface area contributed by atoms with Gasteiger partial charge in [-0.05, 0) is 29.6 Å². The second-order valence-electron chi connectivity index (χ2n) is 3.87. The molecule has 104 valence electrons. The van der Waals surface area contributed by atoms with Crippen molar-refractivity contribution in [1.82, 2.24) is 0 Å². The van der Waals surface area contributed by atoms with E-state index >= 15 is 0 Å². The summed E-state index contributed by atoms with van der Waals surface area (Å²) in [6, 6.07) is 4.89. The van der Waals surface area contributed by atoms with E-state index in [1.807, 2.05) is 0 Å². The Balaban J connectivity index is 2.80. The highest BCUT2D eigenvalue weighted by molar-refractivity contribution is 5.43. The van der Waals surface area contributed by atoms with Gasteiger partial charge in [-0.25, -0.2) is 0 Å². The number of azide groups is 1. The molecule has 7 heteroatoms. The molecule has 2 N–H and O–H groups in total. The summed E-state index contributed by atoms with van der Waals surface area (Å²) in [5.41, 5.74) is 8.65. The van der Waals surface area contributed by atoms with Crippen LogP contribution in [0.5, 0.6) is 11.5 Å². The standard InChI is InChI=1S/C12H17N3O4/c1-18-10-4-3-8(7-11(10)19-2)12(17)9(16)5-6-14-15-13/h3-4,7,9,12,16-17H,5-6H2,1-2H3.